The van der Waals surface area contributed by atoms with E-state index in [-0.39, 0.29) is 5.91 Å². The van der Waals surface area contributed by atoms with Crippen molar-refractivity contribution in [3.63, 3.8) is 0 Å². The Morgan fingerprint density at radius 3 is 2.62 bits per heavy atom. The van der Waals surface area contributed by atoms with Gasteiger partial charge in [-0.15, -0.1) is 0 Å². The van der Waals surface area contributed by atoms with Crippen molar-refractivity contribution in [2.24, 2.45) is 0 Å². The van der Waals surface area contributed by atoms with Gasteiger partial charge in [0.25, 0.3) is 5.91 Å². The lowest BCUT2D eigenvalue weighted by Crippen LogP contribution is -2.21. The average molecular weight is 368 g/mol. The highest BCUT2D eigenvalue weighted by Crippen LogP contribution is 2.30. The number of amides is 1. The maximum absolute atomic E-state index is 11.8. The van der Waals surface area contributed by atoms with Crippen molar-refractivity contribution in [3.05, 3.63) is 64.9 Å². The van der Waals surface area contributed by atoms with Gasteiger partial charge >= 0.3 is 0 Å². The van der Waals surface area contributed by atoms with E-state index in [4.69, 9.17) is 21.7 Å². The molecule has 26 heavy (non-hydrogen) atoms. The van der Waals surface area contributed by atoms with Crippen LogP contribution >= 0.6 is 12.2 Å². The predicted molar refractivity (Wildman–Crippen MR) is 105 cm³/mol. The summed E-state index contributed by atoms with van der Waals surface area (Å²) in [4.78, 5) is 11.8. The zero-order valence-corrected chi connectivity index (χ0v) is 15.5. The summed E-state index contributed by atoms with van der Waals surface area (Å²) < 4.78 is 11.6. The van der Waals surface area contributed by atoms with E-state index in [1.165, 1.54) is 5.56 Å². The largest absolute Gasteiger partial charge is 0.490 e. The number of nitrogens with one attached hydrogen (secondary N) is 2. The van der Waals surface area contributed by atoms with Gasteiger partial charge in [0.05, 0.1) is 6.61 Å². The highest BCUT2D eigenvalue weighted by atomic mass is 32.1. The smallest absolute Gasteiger partial charge is 0.273 e. The van der Waals surface area contributed by atoms with E-state index in [0.717, 1.165) is 11.1 Å². The summed E-state index contributed by atoms with van der Waals surface area (Å²) in [6, 6.07) is 13.7. The molecule has 5 nitrogen and oxygen atoms in total. The Balaban J connectivity index is 1.79. The van der Waals surface area contributed by atoms with E-state index in [0.29, 0.717) is 35.5 Å². The molecular formula is C20H20N2O3S. The topological polar surface area (TPSA) is 59.6 Å². The van der Waals surface area contributed by atoms with Gasteiger partial charge in [0, 0.05) is 0 Å². The van der Waals surface area contributed by atoms with Crippen LogP contribution in [0.1, 0.15) is 23.6 Å². The predicted octanol–water partition coefficient (Wildman–Crippen LogP) is 3.32. The summed E-state index contributed by atoms with van der Waals surface area (Å²) in [7, 11) is 0. The quantitative estimate of drug-likeness (QED) is 0.605. The molecule has 6 heteroatoms. The molecule has 3 rings (SSSR count). The van der Waals surface area contributed by atoms with Gasteiger partial charge in [0.15, 0.2) is 16.6 Å². The summed E-state index contributed by atoms with van der Waals surface area (Å²) in [6.07, 6.45) is 1.72. The Labute approximate surface area is 158 Å². The van der Waals surface area contributed by atoms with Crippen LogP contribution in [-0.2, 0) is 11.4 Å². The Morgan fingerprint density at radius 2 is 1.92 bits per heavy atom. The Hall–Kier alpha value is -2.86. The van der Waals surface area contributed by atoms with Crippen LogP contribution < -0.4 is 20.1 Å². The van der Waals surface area contributed by atoms with Gasteiger partial charge in [-0.25, -0.2) is 0 Å². The minimum atomic E-state index is -0.243. The van der Waals surface area contributed by atoms with Crippen LogP contribution in [0.2, 0.25) is 0 Å². The van der Waals surface area contributed by atoms with Crippen LogP contribution in [0.15, 0.2) is 48.2 Å². The van der Waals surface area contributed by atoms with Gasteiger partial charge < -0.3 is 14.8 Å². The van der Waals surface area contributed by atoms with Crippen molar-refractivity contribution in [2.75, 3.05) is 6.61 Å². The molecule has 1 fully saturated rings. The van der Waals surface area contributed by atoms with E-state index in [1.54, 1.807) is 6.08 Å². The number of carbonyl (C=O) groups is 1. The van der Waals surface area contributed by atoms with E-state index in [9.17, 15) is 4.79 Å². The molecule has 0 bridgehead atoms. The maximum atomic E-state index is 11.8. The molecule has 134 valence electrons. The number of hydrogen-bond acceptors (Lipinski definition) is 4. The fourth-order valence-electron chi connectivity index (χ4n) is 2.61. The fourth-order valence-corrected chi connectivity index (χ4v) is 2.82. The molecule has 0 spiro atoms. The number of ether oxygens (including phenoxy) is 2. The lowest BCUT2D eigenvalue weighted by atomic mass is 10.1. The van der Waals surface area contributed by atoms with Gasteiger partial charge in [-0.3, -0.25) is 10.1 Å². The molecule has 1 heterocycles. The van der Waals surface area contributed by atoms with Gasteiger partial charge in [0.2, 0.25) is 0 Å². The lowest BCUT2D eigenvalue weighted by molar-refractivity contribution is -0.115. The molecule has 2 aromatic carbocycles. The lowest BCUT2D eigenvalue weighted by Gasteiger charge is -2.13. The Bertz CT molecular complexity index is 877. The van der Waals surface area contributed by atoms with E-state index < -0.39 is 0 Å². The van der Waals surface area contributed by atoms with Crippen molar-refractivity contribution >= 4 is 29.3 Å². The van der Waals surface area contributed by atoms with Crippen LogP contribution in [0.3, 0.4) is 0 Å². The summed E-state index contributed by atoms with van der Waals surface area (Å²) in [5, 5.41) is 5.68. The van der Waals surface area contributed by atoms with Crippen molar-refractivity contribution in [1.29, 1.82) is 0 Å². The number of benzene rings is 2. The highest BCUT2D eigenvalue weighted by Gasteiger charge is 2.20. The van der Waals surface area contributed by atoms with E-state index in [1.807, 2.05) is 37.3 Å². The molecule has 0 aliphatic carbocycles. The minimum absolute atomic E-state index is 0.243. The van der Waals surface area contributed by atoms with Crippen LogP contribution in [-0.4, -0.2) is 17.6 Å². The molecule has 0 saturated carbocycles. The number of thiocarbonyl (C=S) groups is 1. The molecule has 1 aliphatic heterocycles. The first kappa shape index (κ1) is 17.9. The van der Waals surface area contributed by atoms with Gasteiger partial charge in [-0.1, -0.05) is 35.9 Å². The SMILES string of the molecule is CCOc1cc(/C=C2/NC(=S)NC2=O)ccc1OCc1cccc(C)c1. The van der Waals surface area contributed by atoms with Crippen molar-refractivity contribution in [1.82, 2.24) is 10.6 Å². The third-order valence-corrected chi connectivity index (χ3v) is 3.98. The van der Waals surface area contributed by atoms with Gasteiger partial charge in [-0.05, 0) is 55.4 Å². The second kappa shape index (κ2) is 8.01. The average Bonchev–Trinajstić information content (AvgIpc) is 2.92. The van der Waals surface area contributed by atoms with Gasteiger partial charge in [0.1, 0.15) is 12.3 Å². The summed E-state index contributed by atoms with van der Waals surface area (Å²) in [5.41, 5.74) is 3.52. The molecule has 0 unspecified atom stereocenters. The van der Waals surface area contributed by atoms with Crippen molar-refractivity contribution < 1.29 is 14.3 Å². The number of rotatable bonds is 6. The molecule has 0 atom stereocenters. The summed E-state index contributed by atoms with van der Waals surface area (Å²) >= 11 is 4.94. The molecule has 2 N–H and O–H groups in total. The molecule has 0 aromatic heterocycles. The molecule has 1 saturated heterocycles. The zero-order chi connectivity index (χ0) is 18.5. The Kier molecular flexibility index (Phi) is 5.53. The zero-order valence-electron chi connectivity index (χ0n) is 14.7. The second-order valence-electron chi connectivity index (χ2n) is 5.88. The first-order chi connectivity index (χ1) is 12.5. The van der Waals surface area contributed by atoms with Crippen molar-refractivity contribution in [3.8, 4) is 11.5 Å². The molecule has 1 aliphatic rings. The molecular weight excluding hydrogens is 348 g/mol. The van der Waals surface area contributed by atoms with E-state index >= 15 is 0 Å². The summed E-state index contributed by atoms with van der Waals surface area (Å²) in [6.45, 7) is 4.94. The van der Waals surface area contributed by atoms with Crippen LogP contribution in [0, 0.1) is 6.92 Å². The van der Waals surface area contributed by atoms with Crippen LogP contribution in [0.25, 0.3) is 6.08 Å². The molecule has 2 aromatic rings. The molecule has 0 radical (unpaired) electrons. The normalized spacial score (nSPS) is 14.9. The Morgan fingerprint density at radius 1 is 1.08 bits per heavy atom. The number of aryl methyl sites for hydroxylation is 1. The first-order valence-electron chi connectivity index (χ1n) is 8.34. The molecule has 1 amide bonds. The maximum Gasteiger partial charge on any atom is 0.273 e. The van der Waals surface area contributed by atoms with E-state index in [2.05, 4.69) is 29.7 Å². The summed E-state index contributed by atoms with van der Waals surface area (Å²) in [5.74, 6) is 1.05. The van der Waals surface area contributed by atoms with Crippen molar-refractivity contribution in [2.45, 2.75) is 20.5 Å². The van der Waals surface area contributed by atoms with Crippen LogP contribution in [0.4, 0.5) is 0 Å². The third kappa shape index (κ3) is 4.40. The third-order valence-electron chi connectivity index (χ3n) is 3.78. The number of hydrogen-bond donors (Lipinski definition) is 2. The van der Waals surface area contributed by atoms with Gasteiger partial charge in [-0.2, -0.15) is 0 Å². The first-order valence-corrected chi connectivity index (χ1v) is 8.75. The highest BCUT2D eigenvalue weighted by molar-refractivity contribution is 7.80. The number of carbonyl (C=O) groups excluding carboxylic acids is 1. The standard InChI is InChI=1S/C20H20N2O3S/c1-3-24-18-11-14(10-16-19(23)22-20(26)21-16)7-8-17(18)25-12-15-6-4-5-13(2)9-15/h4-11H,3,12H2,1-2H3,(H2,21,22,23,26)/b16-10+. The second-order valence-corrected chi connectivity index (χ2v) is 6.29. The minimum Gasteiger partial charge on any atom is -0.490 e. The van der Waals surface area contributed by atoms with Crippen LogP contribution in [0.5, 0.6) is 11.5 Å². The monoisotopic (exact) mass is 368 g/mol. The fraction of sp³-hybridized carbons (Fsp3) is 0.200.